The van der Waals surface area contributed by atoms with E-state index in [0.29, 0.717) is 0 Å². The second-order valence-corrected chi connectivity index (χ2v) is 5.78. The highest BCUT2D eigenvalue weighted by Crippen LogP contribution is 2.35. The van der Waals surface area contributed by atoms with Gasteiger partial charge in [-0.15, -0.1) is 11.8 Å². The molecule has 0 saturated heterocycles. The normalized spacial score (nSPS) is 17.1. The molecule has 2 rings (SSSR count). The van der Waals surface area contributed by atoms with Gasteiger partial charge in [0.2, 0.25) is 0 Å². The molecule has 1 saturated carbocycles. The van der Waals surface area contributed by atoms with Crippen LogP contribution in [-0.2, 0) is 6.42 Å². The first-order valence-corrected chi connectivity index (χ1v) is 7.41. The molecule has 1 aliphatic rings. The van der Waals surface area contributed by atoms with Crippen molar-refractivity contribution in [1.29, 1.82) is 0 Å². The minimum Gasteiger partial charge on any atom is -0.373 e. The van der Waals surface area contributed by atoms with Crippen LogP contribution >= 0.6 is 11.8 Å². The third-order valence-electron chi connectivity index (χ3n) is 3.33. The summed E-state index contributed by atoms with van der Waals surface area (Å²) in [6, 6.07) is 0. The van der Waals surface area contributed by atoms with Gasteiger partial charge < -0.3 is 5.32 Å². The fourth-order valence-electron chi connectivity index (χ4n) is 2.37. The lowest BCUT2D eigenvalue weighted by Crippen LogP contribution is -2.10. The summed E-state index contributed by atoms with van der Waals surface area (Å²) in [6.07, 6.45) is 9.51. The van der Waals surface area contributed by atoms with Gasteiger partial charge in [0.05, 0.1) is 0 Å². The number of nitrogens with one attached hydrogen (secondary N) is 1. The molecule has 0 bridgehead atoms. The van der Waals surface area contributed by atoms with Crippen LogP contribution in [-0.4, -0.2) is 22.3 Å². The molecule has 0 aromatic carbocycles. The van der Waals surface area contributed by atoms with Crippen molar-refractivity contribution in [2.24, 2.45) is 0 Å². The van der Waals surface area contributed by atoms with Crippen LogP contribution in [0.25, 0.3) is 0 Å². The molecule has 94 valence electrons. The Kier molecular flexibility index (Phi) is 4.66. The van der Waals surface area contributed by atoms with E-state index >= 15 is 0 Å². The van der Waals surface area contributed by atoms with Gasteiger partial charge in [-0.25, -0.2) is 9.97 Å². The molecule has 1 heterocycles. The summed E-state index contributed by atoms with van der Waals surface area (Å²) < 4.78 is 0. The highest BCUT2D eigenvalue weighted by atomic mass is 32.2. The van der Waals surface area contributed by atoms with E-state index in [1.165, 1.54) is 42.7 Å². The van der Waals surface area contributed by atoms with Crippen molar-refractivity contribution in [2.75, 3.05) is 12.4 Å². The van der Waals surface area contributed by atoms with E-state index < -0.39 is 0 Å². The van der Waals surface area contributed by atoms with Gasteiger partial charge >= 0.3 is 0 Å². The first-order valence-electron chi connectivity index (χ1n) is 6.53. The number of nitrogens with zero attached hydrogens (tertiary/aromatic N) is 2. The predicted molar refractivity (Wildman–Crippen MR) is 73.7 cm³/mol. The second-order valence-electron chi connectivity index (χ2n) is 4.49. The van der Waals surface area contributed by atoms with E-state index in [9.17, 15) is 0 Å². The van der Waals surface area contributed by atoms with E-state index in [-0.39, 0.29) is 0 Å². The van der Waals surface area contributed by atoms with Gasteiger partial charge in [0.25, 0.3) is 0 Å². The molecule has 0 unspecified atom stereocenters. The molecule has 4 heteroatoms. The Labute approximate surface area is 108 Å². The summed E-state index contributed by atoms with van der Waals surface area (Å²) in [5.74, 6) is 0.987. The quantitative estimate of drug-likeness (QED) is 0.831. The fraction of sp³-hybridized carbons (Fsp3) is 0.692. The van der Waals surface area contributed by atoms with Gasteiger partial charge in [-0.05, 0) is 19.3 Å². The second kappa shape index (κ2) is 6.24. The Morgan fingerprint density at radius 3 is 2.71 bits per heavy atom. The van der Waals surface area contributed by atoms with Crippen molar-refractivity contribution in [3.8, 4) is 0 Å². The summed E-state index contributed by atoms with van der Waals surface area (Å²) in [5.41, 5.74) is 1.27. The SMILES string of the molecule is CCc1c(NC)ncnc1SC1CCCCC1. The van der Waals surface area contributed by atoms with Gasteiger partial charge in [-0.3, -0.25) is 0 Å². The van der Waals surface area contributed by atoms with Crippen molar-refractivity contribution in [3.63, 3.8) is 0 Å². The van der Waals surface area contributed by atoms with Crippen LogP contribution in [0.1, 0.15) is 44.6 Å². The van der Waals surface area contributed by atoms with E-state index in [0.717, 1.165) is 17.5 Å². The van der Waals surface area contributed by atoms with Crippen molar-refractivity contribution in [1.82, 2.24) is 9.97 Å². The van der Waals surface area contributed by atoms with Crippen LogP contribution in [0.5, 0.6) is 0 Å². The summed E-state index contributed by atoms with van der Waals surface area (Å²) in [7, 11) is 1.93. The molecule has 0 radical (unpaired) electrons. The lowest BCUT2D eigenvalue weighted by atomic mass is 10.0. The highest BCUT2D eigenvalue weighted by Gasteiger charge is 2.18. The van der Waals surface area contributed by atoms with Gasteiger partial charge in [0, 0.05) is 17.9 Å². The van der Waals surface area contributed by atoms with Crippen LogP contribution in [0.3, 0.4) is 0 Å². The average Bonchev–Trinajstić information content (AvgIpc) is 2.39. The zero-order valence-corrected chi connectivity index (χ0v) is 11.5. The number of anilines is 1. The molecular formula is C13H21N3S. The van der Waals surface area contributed by atoms with Gasteiger partial charge in [-0.1, -0.05) is 26.2 Å². The largest absolute Gasteiger partial charge is 0.373 e. The molecule has 0 spiro atoms. The highest BCUT2D eigenvalue weighted by molar-refractivity contribution is 7.99. The molecule has 0 amide bonds. The molecular weight excluding hydrogens is 230 g/mol. The molecule has 0 atom stereocenters. The summed E-state index contributed by atoms with van der Waals surface area (Å²) in [5, 5.41) is 5.10. The van der Waals surface area contributed by atoms with Crippen LogP contribution in [0, 0.1) is 0 Å². The standard InChI is InChI=1S/C13H21N3S/c1-3-11-12(14-2)15-9-16-13(11)17-10-7-5-4-6-8-10/h9-10H,3-8H2,1-2H3,(H,14,15,16). The molecule has 1 fully saturated rings. The Hall–Kier alpha value is -0.770. The van der Waals surface area contributed by atoms with Gasteiger partial charge in [-0.2, -0.15) is 0 Å². The average molecular weight is 251 g/mol. The molecule has 1 aromatic heterocycles. The van der Waals surface area contributed by atoms with E-state index in [1.807, 2.05) is 18.8 Å². The molecule has 3 nitrogen and oxygen atoms in total. The van der Waals surface area contributed by atoms with E-state index in [2.05, 4.69) is 22.2 Å². The maximum Gasteiger partial charge on any atom is 0.133 e. The summed E-state index contributed by atoms with van der Waals surface area (Å²) >= 11 is 1.95. The van der Waals surface area contributed by atoms with Crippen molar-refractivity contribution in [2.45, 2.75) is 55.7 Å². The van der Waals surface area contributed by atoms with Crippen molar-refractivity contribution >= 4 is 17.6 Å². The first-order chi connectivity index (χ1) is 8.35. The molecule has 1 aromatic rings. The number of aromatic nitrogens is 2. The lowest BCUT2D eigenvalue weighted by molar-refractivity contribution is 0.515. The monoisotopic (exact) mass is 251 g/mol. The molecule has 0 aliphatic heterocycles. The summed E-state index contributed by atoms with van der Waals surface area (Å²) in [4.78, 5) is 8.75. The van der Waals surface area contributed by atoms with Crippen LogP contribution in [0.4, 0.5) is 5.82 Å². The minimum absolute atomic E-state index is 0.758. The van der Waals surface area contributed by atoms with E-state index in [1.54, 1.807) is 6.33 Å². The Balaban J connectivity index is 2.13. The van der Waals surface area contributed by atoms with Crippen molar-refractivity contribution in [3.05, 3.63) is 11.9 Å². The maximum absolute atomic E-state index is 4.46. The Morgan fingerprint density at radius 2 is 2.06 bits per heavy atom. The third-order valence-corrected chi connectivity index (χ3v) is 4.71. The van der Waals surface area contributed by atoms with Crippen LogP contribution in [0.2, 0.25) is 0 Å². The van der Waals surface area contributed by atoms with Gasteiger partial charge in [0.1, 0.15) is 17.2 Å². The molecule has 17 heavy (non-hydrogen) atoms. The smallest absolute Gasteiger partial charge is 0.133 e. The number of hydrogen-bond donors (Lipinski definition) is 1. The van der Waals surface area contributed by atoms with Crippen LogP contribution in [0.15, 0.2) is 11.4 Å². The first kappa shape index (κ1) is 12.7. The van der Waals surface area contributed by atoms with Crippen LogP contribution < -0.4 is 5.32 Å². The zero-order valence-electron chi connectivity index (χ0n) is 10.7. The number of thioether (sulfide) groups is 1. The zero-order chi connectivity index (χ0) is 12.1. The molecule has 1 aliphatic carbocycles. The third kappa shape index (κ3) is 3.12. The maximum atomic E-state index is 4.46. The Bertz CT molecular complexity index is 362. The topological polar surface area (TPSA) is 37.8 Å². The van der Waals surface area contributed by atoms with E-state index in [4.69, 9.17) is 0 Å². The van der Waals surface area contributed by atoms with Crippen molar-refractivity contribution < 1.29 is 0 Å². The summed E-state index contributed by atoms with van der Waals surface area (Å²) in [6.45, 7) is 2.17. The Morgan fingerprint density at radius 1 is 1.29 bits per heavy atom. The lowest BCUT2D eigenvalue weighted by Gasteiger charge is -2.21. The minimum atomic E-state index is 0.758. The van der Waals surface area contributed by atoms with Gasteiger partial charge in [0.15, 0.2) is 0 Å². The fourth-order valence-corrected chi connectivity index (χ4v) is 3.75. The molecule has 1 N–H and O–H groups in total. The number of rotatable bonds is 4. The predicted octanol–water partition coefficient (Wildman–Crippen LogP) is 3.51. The number of hydrogen-bond acceptors (Lipinski definition) is 4.